The highest BCUT2D eigenvalue weighted by Gasteiger charge is 2.30. The topological polar surface area (TPSA) is 237 Å². The first-order valence-electron chi connectivity index (χ1n) is 35.7. The first-order chi connectivity index (χ1) is 42.1. The summed E-state index contributed by atoms with van der Waals surface area (Å²) in [6.07, 6.45) is 40.3. The van der Waals surface area contributed by atoms with Crippen molar-refractivity contribution in [3.8, 4) is 0 Å². The lowest BCUT2D eigenvalue weighted by molar-refractivity contribution is -0.161. The zero-order chi connectivity index (χ0) is 65.4. The van der Waals surface area contributed by atoms with E-state index in [1.54, 1.807) is 0 Å². The van der Waals surface area contributed by atoms with Gasteiger partial charge in [-0.05, 0) is 49.4 Å². The Labute approximate surface area is 537 Å². The van der Waals surface area contributed by atoms with Crippen LogP contribution in [0.3, 0.4) is 0 Å². The summed E-state index contributed by atoms with van der Waals surface area (Å²) < 4.78 is 68.2. The zero-order valence-electron chi connectivity index (χ0n) is 57.3. The second-order valence-electron chi connectivity index (χ2n) is 26.6. The number of rotatable bonds is 66. The van der Waals surface area contributed by atoms with E-state index in [9.17, 15) is 43.2 Å². The number of ether oxygens (including phenoxy) is 4. The van der Waals surface area contributed by atoms with Gasteiger partial charge in [0.15, 0.2) is 12.2 Å². The fourth-order valence-electron chi connectivity index (χ4n) is 10.3. The quantitative estimate of drug-likeness (QED) is 0.0222. The Morgan fingerprint density at radius 2 is 0.545 bits per heavy atom. The third kappa shape index (κ3) is 61.6. The second-order valence-corrected chi connectivity index (χ2v) is 29.5. The molecule has 0 amide bonds. The Morgan fingerprint density at radius 3 is 0.807 bits per heavy atom. The third-order valence-electron chi connectivity index (χ3n) is 16.2. The molecule has 6 atom stereocenters. The summed E-state index contributed by atoms with van der Waals surface area (Å²) in [5, 5.41) is 10.6. The highest BCUT2D eigenvalue weighted by molar-refractivity contribution is 7.47. The largest absolute Gasteiger partial charge is 0.472 e. The molecule has 0 heterocycles. The fraction of sp³-hybridized carbons (Fsp3) is 0.942. The van der Waals surface area contributed by atoms with Crippen molar-refractivity contribution in [2.75, 3.05) is 39.6 Å². The number of phosphoric acid groups is 2. The average molecular weight is 1300 g/mol. The fourth-order valence-corrected chi connectivity index (χ4v) is 11.9. The molecule has 0 bridgehead atoms. The van der Waals surface area contributed by atoms with E-state index in [1.807, 2.05) is 0 Å². The minimum absolute atomic E-state index is 0.104. The van der Waals surface area contributed by atoms with Gasteiger partial charge < -0.3 is 33.8 Å². The van der Waals surface area contributed by atoms with Crippen molar-refractivity contribution in [2.24, 2.45) is 23.7 Å². The lowest BCUT2D eigenvalue weighted by Crippen LogP contribution is -2.30. The summed E-state index contributed by atoms with van der Waals surface area (Å²) in [4.78, 5) is 72.5. The first-order valence-corrected chi connectivity index (χ1v) is 38.7. The molecule has 0 saturated heterocycles. The van der Waals surface area contributed by atoms with Gasteiger partial charge in [0.05, 0.1) is 26.4 Å². The molecule has 0 aromatic carbocycles. The predicted molar refractivity (Wildman–Crippen MR) is 354 cm³/mol. The molecule has 19 heteroatoms. The van der Waals surface area contributed by atoms with Crippen LogP contribution < -0.4 is 0 Å². The molecular weight excluding hydrogens is 1160 g/mol. The number of hydrogen-bond donors (Lipinski definition) is 3. The molecule has 0 aromatic heterocycles. The van der Waals surface area contributed by atoms with E-state index in [0.29, 0.717) is 31.6 Å². The van der Waals surface area contributed by atoms with E-state index in [-0.39, 0.29) is 25.7 Å². The number of hydrogen-bond acceptors (Lipinski definition) is 15. The van der Waals surface area contributed by atoms with E-state index in [0.717, 1.165) is 114 Å². The molecule has 522 valence electrons. The van der Waals surface area contributed by atoms with E-state index < -0.39 is 97.5 Å². The molecule has 88 heavy (non-hydrogen) atoms. The molecule has 0 radical (unpaired) electrons. The van der Waals surface area contributed by atoms with Gasteiger partial charge in [-0.3, -0.25) is 37.3 Å². The van der Waals surface area contributed by atoms with Crippen molar-refractivity contribution in [1.82, 2.24) is 0 Å². The number of phosphoric ester groups is 2. The molecule has 3 N–H and O–H groups in total. The molecule has 0 aliphatic heterocycles. The van der Waals surface area contributed by atoms with Gasteiger partial charge in [0, 0.05) is 25.7 Å². The first kappa shape index (κ1) is 86.1. The van der Waals surface area contributed by atoms with Gasteiger partial charge in [0.25, 0.3) is 0 Å². The van der Waals surface area contributed by atoms with Crippen LogP contribution in [-0.4, -0.2) is 96.7 Å². The van der Waals surface area contributed by atoms with Crippen LogP contribution in [0.25, 0.3) is 0 Å². The number of unbranched alkanes of at least 4 members (excludes halogenated alkanes) is 31. The maximum atomic E-state index is 13.0. The van der Waals surface area contributed by atoms with Crippen LogP contribution in [0.15, 0.2) is 0 Å². The molecule has 0 fully saturated rings. The third-order valence-corrected chi connectivity index (χ3v) is 18.1. The van der Waals surface area contributed by atoms with Gasteiger partial charge in [0.1, 0.15) is 19.3 Å². The van der Waals surface area contributed by atoms with Gasteiger partial charge in [-0.15, -0.1) is 0 Å². The number of carbonyl (C=O) groups is 4. The summed E-state index contributed by atoms with van der Waals surface area (Å²) in [5.74, 6) is 0.853. The lowest BCUT2D eigenvalue weighted by Gasteiger charge is -2.21. The normalized spacial score (nSPS) is 14.6. The smallest absolute Gasteiger partial charge is 0.462 e. The van der Waals surface area contributed by atoms with Crippen LogP contribution >= 0.6 is 15.6 Å². The van der Waals surface area contributed by atoms with Gasteiger partial charge in [0.2, 0.25) is 0 Å². The summed E-state index contributed by atoms with van der Waals surface area (Å²) in [6.45, 7) is 14.1. The Hall–Kier alpha value is -1.94. The highest BCUT2D eigenvalue weighted by atomic mass is 31.2. The molecule has 0 aliphatic rings. The summed E-state index contributed by atoms with van der Waals surface area (Å²) in [7, 11) is -9.90. The molecule has 0 rings (SSSR count). The molecule has 0 saturated carbocycles. The monoisotopic (exact) mass is 1300 g/mol. The SMILES string of the molecule is CCC(C)CCCCCCCCCCC(=O)O[C@H](COC(=O)CCCCCCCCCC(C)C)COP(=O)(O)OCC(O)COP(=O)(O)OC[C@@H](COC(=O)CCCCCCCCCCCCC(C)C)OC(=O)CCCCCCCCCCCCC(C)C. The Balaban J connectivity index is 5.27. The maximum Gasteiger partial charge on any atom is 0.472 e. The maximum absolute atomic E-state index is 13.0. The van der Waals surface area contributed by atoms with E-state index in [1.165, 1.54) is 135 Å². The van der Waals surface area contributed by atoms with Gasteiger partial charge in [-0.2, -0.15) is 0 Å². The Morgan fingerprint density at radius 1 is 0.318 bits per heavy atom. The van der Waals surface area contributed by atoms with Crippen molar-refractivity contribution in [2.45, 2.75) is 356 Å². The van der Waals surface area contributed by atoms with Crippen LogP contribution in [0.4, 0.5) is 0 Å². The van der Waals surface area contributed by atoms with E-state index >= 15 is 0 Å². The molecule has 17 nitrogen and oxygen atoms in total. The Kier molecular flexibility index (Phi) is 57.6. The minimum atomic E-state index is -4.95. The van der Waals surface area contributed by atoms with Gasteiger partial charge in [-0.1, -0.05) is 287 Å². The molecule has 0 aliphatic carbocycles. The van der Waals surface area contributed by atoms with Crippen LogP contribution in [0, 0.1) is 23.7 Å². The van der Waals surface area contributed by atoms with Crippen LogP contribution in [-0.2, 0) is 65.4 Å². The van der Waals surface area contributed by atoms with Crippen molar-refractivity contribution in [3.63, 3.8) is 0 Å². The van der Waals surface area contributed by atoms with Crippen LogP contribution in [0.5, 0.6) is 0 Å². The van der Waals surface area contributed by atoms with Gasteiger partial charge in [-0.25, -0.2) is 9.13 Å². The summed E-state index contributed by atoms with van der Waals surface area (Å²) >= 11 is 0. The number of aliphatic hydroxyl groups excluding tert-OH is 1. The summed E-state index contributed by atoms with van der Waals surface area (Å²) in [6, 6.07) is 0. The summed E-state index contributed by atoms with van der Waals surface area (Å²) in [5.41, 5.74) is 0. The molecule has 0 aromatic rings. The standard InChI is InChI=1S/C69H134O17P2/c1-9-62(8)48-40-32-24-18-19-27-36-44-52-69(74)86-65(56-80-67(72)50-42-34-28-20-23-31-39-47-61(6)7)58-84-88(77,78)82-54-63(70)53-81-87(75,76)83-57-64(85-68(73)51-43-35-26-17-13-11-15-22-30-38-46-60(4)5)55-79-66(71)49-41-33-25-16-12-10-14-21-29-37-45-59(2)3/h59-65,70H,9-58H2,1-8H3,(H,75,76)(H,77,78)/t62?,63?,64-,65-/m1/s1. The van der Waals surface area contributed by atoms with Crippen molar-refractivity contribution < 1.29 is 80.2 Å². The second kappa shape index (κ2) is 58.8. The molecule has 0 spiro atoms. The van der Waals surface area contributed by atoms with Crippen LogP contribution in [0.1, 0.15) is 338 Å². The number of aliphatic hydroxyl groups is 1. The van der Waals surface area contributed by atoms with Crippen LogP contribution in [0.2, 0.25) is 0 Å². The number of esters is 4. The van der Waals surface area contributed by atoms with Crippen molar-refractivity contribution in [3.05, 3.63) is 0 Å². The zero-order valence-corrected chi connectivity index (χ0v) is 59.1. The Bertz CT molecular complexity index is 1750. The average Bonchev–Trinajstić information content (AvgIpc) is 3.69. The molecule has 4 unspecified atom stereocenters. The van der Waals surface area contributed by atoms with Crippen molar-refractivity contribution in [1.29, 1.82) is 0 Å². The van der Waals surface area contributed by atoms with Gasteiger partial charge >= 0.3 is 39.5 Å². The van der Waals surface area contributed by atoms with Crippen molar-refractivity contribution >= 4 is 39.5 Å². The predicted octanol–water partition coefficient (Wildman–Crippen LogP) is 19.3. The highest BCUT2D eigenvalue weighted by Crippen LogP contribution is 2.45. The van der Waals surface area contributed by atoms with E-state index in [4.69, 9.17) is 37.0 Å². The van der Waals surface area contributed by atoms with E-state index in [2.05, 4.69) is 55.4 Å². The lowest BCUT2D eigenvalue weighted by atomic mass is 9.99. The molecular formula is C69H134O17P2. The number of carbonyl (C=O) groups excluding carboxylic acids is 4. The minimum Gasteiger partial charge on any atom is -0.462 e.